The highest BCUT2D eigenvalue weighted by Crippen LogP contribution is 2.20. The Bertz CT molecular complexity index is 745. The Hall–Kier alpha value is -2.63. The van der Waals surface area contributed by atoms with Gasteiger partial charge in [0.05, 0.1) is 11.9 Å². The molecular weight excluding hydrogens is 331 g/mol. The second kappa shape index (κ2) is 7.32. The van der Waals surface area contributed by atoms with Gasteiger partial charge in [-0.1, -0.05) is 0 Å². The van der Waals surface area contributed by atoms with Crippen LogP contribution < -0.4 is 15.1 Å². The number of piperazine rings is 1. The van der Waals surface area contributed by atoms with Gasteiger partial charge < -0.3 is 15.1 Å². The zero-order valence-corrected chi connectivity index (χ0v) is 15.5. The summed E-state index contributed by atoms with van der Waals surface area (Å²) in [6.07, 6.45) is 1.76. The average Bonchev–Trinajstić information content (AvgIpc) is 2.61. The third-order valence-corrected chi connectivity index (χ3v) is 4.31. The van der Waals surface area contributed by atoms with Crippen molar-refractivity contribution >= 4 is 17.3 Å². The summed E-state index contributed by atoms with van der Waals surface area (Å²) in [5.74, 6) is -0.376. The predicted octanol–water partition coefficient (Wildman–Crippen LogP) is 3.08. The van der Waals surface area contributed by atoms with Gasteiger partial charge in [0.2, 0.25) is 0 Å². The van der Waals surface area contributed by atoms with Gasteiger partial charge in [-0.25, -0.2) is 9.37 Å². The van der Waals surface area contributed by atoms with Gasteiger partial charge in [0.25, 0.3) is 5.91 Å². The maximum atomic E-state index is 13.1. The fraction of sp³-hybridized carbons (Fsp3) is 0.400. The van der Waals surface area contributed by atoms with Gasteiger partial charge in [0.15, 0.2) is 0 Å². The van der Waals surface area contributed by atoms with E-state index in [1.54, 1.807) is 12.3 Å². The number of hydrogen-bond acceptors (Lipinski definition) is 4. The first-order chi connectivity index (χ1) is 12.3. The van der Waals surface area contributed by atoms with Crippen molar-refractivity contribution in [3.63, 3.8) is 0 Å². The molecule has 6 heteroatoms. The van der Waals surface area contributed by atoms with Crippen LogP contribution in [-0.2, 0) is 0 Å². The summed E-state index contributed by atoms with van der Waals surface area (Å²) in [5.41, 5.74) is 2.19. The number of aromatic nitrogens is 1. The van der Waals surface area contributed by atoms with Gasteiger partial charge in [0.1, 0.15) is 11.5 Å². The molecule has 1 amide bonds. The molecule has 5 nitrogen and oxygen atoms in total. The lowest BCUT2D eigenvalue weighted by molar-refractivity contribution is 0.0914. The van der Waals surface area contributed by atoms with Gasteiger partial charge in [-0.2, -0.15) is 0 Å². The van der Waals surface area contributed by atoms with Crippen LogP contribution in [0.2, 0.25) is 0 Å². The maximum Gasteiger partial charge on any atom is 0.270 e. The van der Waals surface area contributed by atoms with Crippen LogP contribution in [0.25, 0.3) is 0 Å². The Morgan fingerprint density at radius 1 is 0.962 bits per heavy atom. The minimum Gasteiger partial charge on any atom is -0.368 e. The molecule has 1 saturated heterocycles. The van der Waals surface area contributed by atoms with E-state index < -0.39 is 0 Å². The Kier molecular flexibility index (Phi) is 5.11. The number of benzene rings is 1. The number of carbonyl (C=O) groups is 1. The molecule has 0 saturated carbocycles. The molecule has 0 radical (unpaired) electrons. The SMILES string of the molecule is CC(C)(C)NC(=O)c1ccc(N2CCN(c3ccc(F)cc3)CC2)cn1. The summed E-state index contributed by atoms with van der Waals surface area (Å²) in [5, 5.41) is 2.91. The highest BCUT2D eigenvalue weighted by Gasteiger charge is 2.19. The number of anilines is 2. The van der Waals surface area contributed by atoms with E-state index in [9.17, 15) is 9.18 Å². The largest absolute Gasteiger partial charge is 0.368 e. The summed E-state index contributed by atoms with van der Waals surface area (Å²) in [4.78, 5) is 21.0. The van der Waals surface area contributed by atoms with E-state index in [1.807, 2.05) is 39.0 Å². The standard InChI is InChI=1S/C20H25FN4O/c1-20(2,3)23-19(26)18-9-8-17(14-22-18)25-12-10-24(11-13-25)16-6-4-15(21)5-7-16/h4-9,14H,10-13H2,1-3H3,(H,23,26). The molecule has 0 bridgehead atoms. The van der Waals surface area contributed by atoms with E-state index in [-0.39, 0.29) is 17.3 Å². The average molecular weight is 356 g/mol. The molecule has 138 valence electrons. The number of amides is 1. The van der Waals surface area contributed by atoms with Crippen molar-refractivity contribution in [3.8, 4) is 0 Å². The summed E-state index contributed by atoms with van der Waals surface area (Å²) in [6.45, 7) is 9.26. The van der Waals surface area contributed by atoms with Crippen LogP contribution in [0.15, 0.2) is 42.6 Å². The van der Waals surface area contributed by atoms with Crippen molar-refractivity contribution < 1.29 is 9.18 Å². The van der Waals surface area contributed by atoms with Crippen LogP contribution in [0.5, 0.6) is 0 Å². The third kappa shape index (κ3) is 4.50. The molecule has 0 aliphatic carbocycles. The molecule has 1 aromatic heterocycles. The van der Waals surface area contributed by atoms with E-state index in [2.05, 4.69) is 20.1 Å². The third-order valence-electron chi connectivity index (χ3n) is 4.31. The van der Waals surface area contributed by atoms with E-state index in [1.165, 1.54) is 12.1 Å². The lowest BCUT2D eigenvalue weighted by Gasteiger charge is -2.37. The highest BCUT2D eigenvalue weighted by molar-refractivity contribution is 5.92. The van der Waals surface area contributed by atoms with Crippen LogP contribution in [0, 0.1) is 5.82 Å². The van der Waals surface area contributed by atoms with Crippen molar-refractivity contribution in [3.05, 3.63) is 54.1 Å². The van der Waals surface area contributed by atoms with Crippen LogP contribution in [-0.4, -0.2) is 42.6 Å². The quantitative estimate of drug-likeness (QED) is 0.918. The number of halogens is 1. The van der Waals surface area contributed by atoms with Crippen molar-refractivity contribution in [1.29, 1.82) is 0 Å². The molecule has 0 atom stereocenters. The predicted molar refractivity (Wildman–Crippen MR) is 102 cm³/mol. The Labute approximate surface area is 153 Å². The molecule has 2 aromatic rings. The highest BCUT2D eigenvalue weighted by atomic mass is 19.1. The van der Waals surface area contributed by atoms with Crippen molar-refractivity contribution in [1.82, 2.24) is 10.3 Å². The maximum absolute atomic E-state index is 13.1. The molecule has 2 heterocycles. The first-order valence-electron chi connectivity index (χ1n) is 8.86. The zero-order valence-electron chi connectivity index (χ0n) is 15.5. The second-order valence-electron chi connectivity index (χ2n) is 7.56. The van der Waals surface area contributed by atoms with Crippen molar-refractivity contribution in [2.24, 2.45) is 0 Å². The Morgan fingerprint density at radius 3 is 2.00 bits per heavy atom. The Morgan fingerprint density at radius 2 is 1.50 bits per heavy atom. The van der Waals surface area contributed by atoms with Crippen LogP contribution in [0.3, 0.4) is 0 Å². The number of pyridine rings is 1. The topological polar surface area (TPSA) is 48.5 Å². The lowest BCUT2D eigenvalue weighted by atomic mass is 10.1. The monoisotopic (exact) mass is 356 g/mol. The zero-order chi connectivity index (χ0) is 18.7. The molecule has 1 fully saturated rings. The molecular formula is C20H25FN4O. The molecule has 26 heavy (non-hydrogen) atoms. The lowest BCUT2D eigenvalue weighted by Crippen LogP contribution is -2.46. The summed E-state index contributed by atoms with van der Waals surface area (Å²) >= 11 is 0. The summed E-state index contributed by atoms with van der Waals surface area (Å²) < 4.78 is 13.1. The smallest absolute Gasteiger partial charge is 0.270 e. The fourth-order valence-electron chi connectivity index (χ4n) is 2.99. The number of rotatable bonds is 3. The molecule has 1 aliphatic heterocycles. The molecule has 1 aromatic carbocycles. The molecule has 3 rings (SSSR count). The number of carbonyl (C=O) groups excluding carboxylic acids is 1. The van der Waals surface area contributed by atoms with E-state index in [4.69, 9.17) is 0 Å². The van der Waals surface area contributed by atoms with E-state index in [0.29, 0.717) is 5.69 Å². The van der Waals surface area contributed by atoms with Gasteiger partial charge in [0, 0.05) is 37.4 Å². The summed E-state index contributed by atoms with van der Waals surface area (Å²) in [6, 6.07) is 10.3. The van der Waals surface area contributed by atoms with Crippen LogP contribution >= 0.6 is 0 Å². The van der Waals surface area contributed by atoms with E-state index in [0.717, 1.165) is 37.6 Å². The number of nitrogens with one attached hydrogen (secondary N) is 1. The number of nitrogens with zero attached hydrogens (tertiary/aromatic N) is 3. The van der Waals surface area contributed by atoms with Crippen molar-refractivity contribution in [2.45, 2.75) is 26.3 Å². The molecule has 1 N–H and O–H groups in total. The first-order valence-corrected chi connectivity index (χ1v) is 8.86. The first kappa shape index (κ1) is 18.2. The van der Waals surface area contributed by atoms with Gasteiger partial charge in [-0.3, -0.25) is 4.79 Å². The minimum atomic E-state index is -0.284. The minimum absolute atomic E-state index is 0.162. The number of hydrogen-bond donors (Lipinski definition) is 1. The van der Waals surface area contributed by atoms with E-state index >= 15 is 0 Å². The molecule has 1 aliphatic rings. The molecule has 0 unspecified atom stereocenters. The Balaban J connectivity index is 1.59. The van der Waals surface area contributed by atoms with Gasteiger partial charge in [-0.15, -0.1) is 0 Å². The van der Waals surface area contributed by atoms with Gasteiger partial charge >= 0.3 is 0 Å². The van der Waals surface area contributed by atoms with Crippen molar-refractivity contribution in [2.75, 3.05) is 36.0 Å². The normalized spacial score (nSPS) is 15.1. The second-order valence-corrected chi connectivity index (χ2v) is 7.56. The van der Waals surface area contributed by atoms with Crippen LogP contribution in [0.4, 0.5) is 15.8 Å². The van der Waals surface area contributed by atoms with Gasteiger partial charge in [-0.05, 0) is 57.2 Å². The molecule has 0 spiro atoms. The fourth-order valence-corrected chi connectivity index (χ4v) is 2.99. The summed E-state index contributed by atoms with van der Waals surface area (Å²) in [7, 11) is 0. The van der Waals surface area contributed by atoms with Crippen LogP contribution in [0.1, 0.15) is 31.3 Å².